The second-order valence-electron chi connectivity index (χ2n) is 9.35. The van der Waals surface area contributed by atoms with Crippen LogP contribution in [0, 0.1) is 0 Å². The van der Waals surface area contributed by atoms with Gasteiger partial charge in [-0.2, -0.15) is 4.98 Å². The van der Waals surface area contributed by atoms with Gasteiger partial charge < -0.3 is 24.8 Å². The monoisotopic (exact) mass is 485 g/mol. The minimum Gasteiger partial charge on any atom is -0.493 e. The van der Waals surface area contributed by atoms with Crippen molar-refractivity contribution in [3.05, 3.63) is 60.4 Å². The number of benzene rings is 1. The molecule has 2 N–H and O–H groups in total. The second-order valence-corrected chi connectivity index (χ2v) is 9.35. The fourth-order valence-electron chi connectivity index (χ4n) is 4.46. The number of hydrogen-bond donors (Lipinski definition) is 2. The van der Waals surface area contributed by atoms with Crippen LogP contribution in [0.25, 0.3) is 22.2 Å². The molecule has 4 aromatic rings. The van der Waals surface area contributed by atoms with Crippen LogP contribution in [0.1, 0.15) is 32.4 Å². The summed E-state index contributed by atoms with van der Waals surface area (Å²) in [6.07, 6.45) is 3.76. The van der Waals surface area contributed by atoms with Crippen LogP contribution in [-0.4, -0.2) is 61.6 Å². The topological polar surface area (TPSA) is 99.4 Å². The summed E-state index contributed by atoms with van der Waals surface area (Å²) in [5, 5.41) is 15.1. The lowest BCUT2D eigenvalue weighted by molar-refractivity contribution is -0.129. The number of anilines is 2. The Labute approximate surface area is 210 Å². The van der Waals surface area contributed by atoms with Crippen LogP contribution >= 0.6 is 0 Å². The third-order valence-electron chi connectivity index (χ3n) is 6.58. The summed E-state index contributed by atoms with van der Waals surface area (Å²) in [6, 6.07) is 14.2. The van der Waals surface area contributed by atoms with Gasteiger partial charge >= 0.3 is 0 Å². The summed E-state index contributed by atoms with van der Waals surface area (Å²) in [6.45, 7) is 8.67. The van der Waals surface area contributed by atoms with Gasteiger partial charge in [0.15, 0.2) is 0 Å². The number of aromatic nitrogens is 4. The van der Waals surface area contributed by atoms with Crippen molar-refractivity contribution < 1.29 is 9.90 Å². The molecule has 0 bridgehead atoms. The number of nitrogens with zero attached hydrogens (tertiary/aromatic N) is 6. The molecule has 4 heterocycles. The van der Waals surface area contributed by atoms with Gasteiger partial charge in [-0.05, 0) is 25.5 Å². The maximum absolute atomic E-state index is 11.7. The van der Waals surface area contributed by atoms with Crippen LogP contribution in [0.3, 0.4) is 0 Å². The Morgan fingerprint density at radius 3 is 2.44 bits per heavy atom. The van der Waals surface area contributed by atoms with Gasteiger partial charge in [-0.1, -0.05) is 36.4 Å². The third-order valence-corrected chi connectivity index (χ3v) is 6.58. The minimum atomic E-state index is 0.0735. The summed E-state index contributed by atoms with van der Waals surface area (Å²) in [5.41, 5.74) is 3.54. The molecule has 1 amide bonds. The fraction of sp³-hybridized carbons (Fsp3) is 0.333. The van der Waals surface area contributed by atoms with Gasteiger partial charge in [-0.15, -0.1) is 0 Å². The molecular formula is C27H31N7O2. The molecule has 3 aromatic heterocycles. The van der Waals surface area contributed by atoms with Gasteiger partial charge in [0.05, 0.1) is 11.1 Å². The summed E-state index contributed by atoms with van der Waals surface area (Å²) in [5.74, 6) is 1.41. The zero-order valence-corrected chi connectivity index (χ0v) is 20.8. The van der Waals surface area contributed by atoms with Crippen LogP contribution in [0.4, 0.5) is 11.8 Å². The zero-order valence-electron chi connectivity index (χ0n) is 20.8. The van der Waals surface area contributed by atoms with E-state index in [2.05, 4.69) is 21.3 Å². The van der Waals surface area contributed by atoms with E-state index < -0.39 is 0 Å². The zero-order chi connectivity index (χ0) is 25.2. The Hall–Kier alpha value is -4.14. The molecule has 1 fully saturated rings. The van der Waals surface area contributed by atoms with Crippen LogP contribution < -0.4 is 10.2 Å². The van der Waals surface area contributed by atoms with Gasteiger partial charge in [0.1, 0.15) is 11.3 Å². The van der Waals surface area contributed by atoms with Crippen LogP contribution in [0.5, 0.6) is 5.88 Å². The Balaban J connectivity index is 1.42. The van der Waals surface area contributed by atoms with Crippen LogP contribution in [-0.2, 0) is 11.3 Å². The smallest absolute Gasteiger partial charge is 0.228 e. The van der Waals surface area contributed by atoms with E-state index in [4.69, 9.17) is 9.97 Å². The first-order valence-electron chi connectivity index (χ1n) is 12.3. The van der Waals surface area contributed by atoms with Crippen molar-refractivity contribution >= 4 is 28.6 Å². The molecule has 0 spiro atoms. The lowest BCUT2D eigenvalue weighted by Gasteiger charge is -2.34. The van der Waals surface area contributed by atoms with Crippen molar-refractivity contribution in [3.63, 3.8) is 0 Å². The number of amides is 1. The van der Waals surface area contributed by atoms with Gasteiger partial charge in [-0.3, -0.25) is 9.78 Å². The SMILES string of the molecule is CC(=O)N1CCN(c2nc(NCc3ccc(-c4ccccc4)nc3)c3cn(C(C)C)c(O)c3n2)CC1. The van der Waals surface area contributed by atoms with Crippen molar-refractivity contribution in [2.45, 2.75) is 33.4 Å². The summed E-state index contributed by atoms with van der Waals surface area (Å²) < 4.78 is 1.80. The Kier molecular flexibility index (Phi) is 6.45. The normalized spacial score (nSPS) is 14.0. The van der Waals surface area contributed by atoms with E-state index in [9.17, 15) is 9.90 Å². The first-order valence-corrected chi connectivity index (χ1v) is 12.3. The quantitative estimate of drug-likeness (QED) is 0.425. The average molecular weight is 486 g/mol. The number of nitrogens with one attached hydrogen (secondary N) is 1. The molecule has 9 nitrogen and oxygen atoms in total. The van der Waals surface area contributed by atoms with Crippen molar-refractivity contribution in [2.24, 2.45) is 0 Å². The number of pyridine rings is 1. The van der Waals surface area contributed by atoms with Crippen molar-refractivity contribution in [2.75, 3.05) is 36.4 Å². The van der Waals surface area contributed by atoms with E-state index in [0.29, 0.717) is 50.0 Å². The summed E-state index contributed by atoms with van der Waals surface area (Å²) in [4.78, 5) is 29.8. The van der Waals surface area contributed by atoms with Crippen LogP contribution in [0.2, 0.25) is 0 Å². The molecule has 5 rings (SSSR count). The van der Waals surface area contributed by atoms with Crippen LogP contribution in [0.15, 0.2) is 54.9 Å². The highest BCUT2D eigenvalue weighted by atomic mass is 16.3. The van der Waals surface area contributed by atoms with Gasteiger partial charge in [0.25, 0.3) is 0 Å². The Bertz CT molecular complexity index is 1360. The highest BCUT2D eigenvalue weighted by Gasteiger charge is 2.24. The lowest BCUT2D eigenvalue weighted by atomic mass is 10.1. The molecule has 0 saturated carbocycles. The van der Waals surface area contributed by atoms with Crippen molar-refractivity contribution in [3.8, 4) is 17.1 Å². The second kappa shape index (κ2) is 9.85. The molecule has 0 radical (unpaired) electrons. The highest BCUT2D eigenvalue weighted by Crippen LogP contribution is 2.34. The molecule has 1 aliphatic heterocycles. The molecule has 1 aliphatic rings. The lowest BCUT2D eigenvalue weighted by Crippen LogP contribution is -2.48. The van der Waals surface area contributed by atoms with Crippen molar-refractivity contribution in [1.82, 2.24) is 24.4 Å². The molecule has 1 aromatic carbocycles. The standard InChI is InChI=1S/C27H31N7O2/c1-18(2)34-17-22-24(26(34)36)30-27(33-13-11-32(12-14-33)19(3)35)31-25(22)29-16-20-9-10-23(28-15-20)21-7-5-4-6-8-21/h4-10,15,17-18,36H,11-14,16H2,1-3H3,(H,29,30,31). The van der Waals surface area contributed by atoms with E-state index in [1.165, 1.54) is 0 Å². The fourth-order valence-corrected chi connectivity index (χ4v) is 4.46. The average Bonchev–Trinajstić information content (AvgIpc) is 3.25. The molecule has 9 heteroatoms. The van der Waals surface area contributed by atoms with E-state index in [0.717, 1.165) is 22.2 Å². The van der Waals surface area contributed by atoms with Gasteiger partial charge in [0.2, 0.25) is 17.7 Å². The first-order chi connectivity index (χ1) is 17.4. The number of piperazine rings is 1. The van der Waals surface area contributed by atoms with E-state index in [1.54, 1.807) is 11.5 Å². The van der Waals surface area contributed by atoms with Gasteiger partial charge in [0, 0.05) is 63.6 Å². The Morgan fingerprint density at radius 2 is 1.81 bits per heavy atom. The van der Waals surface area contributed by atoms with Crippen molar-refractivity contribution in [1.29, 1.82) is 0 Å². The maximum atomic E-state index is 11.7. The summed E-state index contributed by atoms with van der Waals surface area (Å²) >= 11 is 0. The molecule has 0 aliphatic carbocycles. The third kappa shape index (κ3) is 4.68. The van der Waals surface area contributed by atoms with E-state index >= 15 is 0 Å². The number of carbonyl (C=O) groups excluding carboxylic acids is 1. The molecular weight excluding hydrogens is 454 g/mol. The summed E-state index contributed by atoms with van der Waals surface area (Å²) in [7, 11) is 0. The predicted octanol–water partition coefficient (Wildman–Crippen LogP) is 4.06. The number of fused-ring (bicyclic) bond motifs is 1. The van der Waals surface area contributed by atoms with E-state index in [-0.39, 0.29) is 17.8 Å². The molecule has 1 saturated heterocycles. The number of hydrogen-bond acceptors (Lipinski definition) is 7. The molecule has 0 unspecified atom stereocenters. The first kappa shape index (κ1) is 23.6. The maximum Gasteiger partial charge on any atom is 0.228 e. The predicted molar refractivity (Wildman–Crippen MR) is 141 cm³/mol. The van der Waals surface area contributed by atoms with Gasteiger partial charge in [-0.25, -0.2) is 4.98 Å². The highest BCUT2D eigenvalue weighted by molar-refractivity contribution is 5.94. The largest absolute Gasteiger partial charge is 0.493 e. The number of aromatic hydroxyl groups is 1. The number of carbonyl (C=O) groups is 1. The number of rotatable bonds is 6. The minimum absolute atomic E-state index is 0.0735. The molecule has 36 heavy (non-hydrogen) atoms. The molecule has 186 valence electrons. The Morgan fingerprint density at radius 1 is 1.06 bits per heavy atom. The molecule has 0 atom stereocenters. The van der Waals surface area contributed by atoms with E-state index in [1.807, 2.05) is 67.5 Å².